The molecule has 1 saturated heterocycles. The molecule has 1 aliphatic rings. The topological polar surface area (TPSA) is 75.9 Å². The number of nitrogens with zero attached hydrogens (tertiary/aromatic N) is 3. The molecule has 0 radical (unpaired) electrons. The summed E-state index contributed by atoms with van der Waals surface area (Å²) in [4.78, 5) is 25.7. The van der Waals surface area contributed by atoms with Crippen molar-refractivity contribution < 1.29 is 54.0 Å². The van der Waals surface area contributed by atoms with Crippen LogP contribution in [-0.2, 0) is 6.18 Å². The minimum Gasteiger partial charge on any atom is -0.429 e. The van der Waals surface area contributed by atoms with Gasteiger partial charge in [-0.2, -0.15) is 35.1 Å². The van der Waals surface area contributed by atoms with Gasteiger partial charge < -0.3 is 14.5 Å². The van der Waals surface area contributed by atoms with E-state index in [1.165, 1.54) is 12.1 Å². The largest absolute Gasteiger partial charge is 0.439 e. The van der Waals surface area contributed by atoms with Crippen molar-refractivity contribution in [3.63, 3.8) is 0 Å². The normalized spacial score (nSPS) is 15.9. The zero-order valence-electron chi connectivity index (χ0n) is 18.3. The van der Waals surface area contributed by atoms with E-state index >= 15 is 0 Å². The summed E-state index contributed by atoms with van der Waals surface area (Å²) in [6, 6.07) is 5.70. The van der Waals surface area contributed by atoms with Gasteiger partial charge in [0.2, 0.25) is 0 Å². The third kappa shape index (κ3) is 6.35. The van der Waals surface area contributed by atoms with Crippen LogP contribution in [0.2, 0.25) is 0 Å². The monoisotopic (exact) mass is 545 g/mol. The van der Waals surface area contributed by atoms with E-state index in [0.717, 1.165) is 17.0 Å². The third-order valence-corrected chi connectivity index (χ3v) is 5.36. The Hall–Kier alpha value is -3.72. The van der Waals surface area contributed by atoms with Crippen LogP contribution in [0.5, 0.6) is 5.75 Å². The summed E-state index contributed by atoms with van der Waals surface area (Å²) in [6.07, 6.45) is -20.7. The Labute approximate surface area is 202 Å². The Morgan fingerprint density at radius 3 is 1.97 bits per heavy atom. The third-order valence-electron chi connectivity index (χ3n) is 5.36. The molecule has 37 heavy (non-hydrogen) atoms. The summed E-state index contributed by atoms with van der Waals surface area (Å²) < 4.78 is 120. The van der Waals surface area contributed by atoms with Crippen LogP contribution in [0, 0.1) is 10.1 Å². The van der Waals surface area contributed by atoms with Crippen molar-refractivity contribution in [2.75, 3.05) is 31.1 Å². The highest BCUT2D eigenvalue weighted by Gasteiger charge is 2.59. The van der Waals surface area contributed by atoms with Crippen molar-refractivity contribution in [3.05, 3.63) is 63.7 Å². The standard InChI is InChI=1S/C21H16F9N3O4/c22-18(20(26,27)28)21(29,30)37-16-6-5-14(33(35)36)11-15(16)17(34)32-9-7-31(8-10-32)13-3-1-12(2-4-13)19(23,24)25/h1-6,11,18H,7-10H2. The highest BCUT2D eigenvalue weighted by atomic mass is 19.4. The van der Waals surface area contributed by atoms with E-state index in [0.29, 0.717) is 23.9 Å². The molecule has 16 heteroatoms. The number of nitro groups is 1. The number of nitro benzene ring substituents is 1. The van der Waals surface area contributed by atoms with Crippen molar-refractivity contribution in [1.82, 2.24) is 4.90 Å². The Morgan fingerprint density at radius 1 is 0.919 bits per heavy atom. The van der Waals surface area contributed by atoms with Crippen molar-refractivity contribution >= 4 is 17.3 Å². The van der Waals surface area contributed by atoms with Crippen LogP contribution in [0.1, 0.15) is 15.9 Å². The van der Waals surface area contributed by atoms with Crippen LogP contribution in [0.15, 0.2) is 42.5 Å². The summed E-state index contributed by atoms with van der Waals surface area (Å²) >= 11 is 0. The number of rotatable bonds is 6. The molecule has 7 nitrogen and oxygen atoms in total. The number of benzene rings is 2. The van der Waals surface area contributed by atoms with E-state index in [-0.39, 0.29) is 26.2 Å². The lowest BCUT2D eigenvalue weighted by molar-refractivity contribution is -0.385. The molecule has 202 valence electrons. The fourth-order valence-corrected chi connectivity index (χ4v) is 3.48. The first kappa shape index (κ1) is 27.9. The van der Waals surface area contributed by atoms with Gasteiger partial charge in [-0.05, 0) is 30.3 Å². The Morgan fingerprint density at radius 2 is 1.49 bits per heavy atom. The first-order valence-electron chi connectivity index (χ1n) is 10.3. The summed E-state index contributed by atoms with van der Waals surface area (Å²) in [7, 11) is 0. The smallest absolute Gasteiger partial charge is 0.429 e. The molecule has 1 aliphatic heterocycles. The highest BCUT2D eigenvalue weighted by molar-refractivity contribution is 5.97. The zero-order valence-corrected chi connectivity index (χ0v) is 18.3. The molecular weight excluding hydrogens is 529 g/mol. The van der Waals surface area contributed by atoms with Gasteiger partial charge in [0.1, 0.15) is 5.75 Å². The Bertz CT molecular complexity index is 1150. The van der Waals surface area contributed by atoms with Gasteiger partial charge in [-0.3, -0.25) is 14.9 Å². The van der Waals surface area contributed by atoms with Crippen molar-refractivity contribution in [2.24, 2.45) is 0 Å². The van der Waals surface area contributed by atoms with Crippen LogP contribution in [0.3, 0.4) is 0 Å². The van der Waals surface area contributed by atoms with Crippen molar-refractivity contribution in [3.8, 4) is 5.75 Å². The average molecular weight is 545 g/mol. The summed E-state index contributed by atoms with van der Waals surface area (Å²) in [5, 5.41) is 11.1. The van der Waals surface area contributed by atoms with Gasteiger partial charge in [0, 0.05) is 44.0 Å². The molecule has 0 bridgehead atoms. The first-order valence-corrected chi connectivity index (χ1v) is 10.3. The molecule has 1 amide bonds. The minimum absolute atomic E-state index is 0.0546. The predicted octanol–water partition coefficient (Wildman–Crippen LogP) is 5.45. The SMILES string of the molecule is O=C(c1cc([N+](=O)[O-])ccc1OC(F)(F)C(F)C(F)(F)F)N1CCN(c2ccc(C(F)(F)F)cc2)CC1. The van der Waals surface area contributed by atoms with Crippen LogP contribution in [0.4, 0.5) is 50.9 Å². The fraction of sp³-hybridized carbons (Fsp3) is 0.381. The van der Waals surface area contributed by atoms with Gasteiger partial charge in [-0.25, -0.2) is 4.39 Å². The van der Waals surface area contributed by atoms with E-state index in [2.05, 4.69) is 4.74 Å². The molecule has 1 atom stereocenters. The number of non-ortho nitro benzene ring substituents is 1. The lowest BCUT2D eigenvalue weighted by Crippen LogP contribution is -2.49. The van der Waals surface area contributed by atoms with Crippen LogP contribution >= 0.6 is 0 Å². The molecule has 0 N–H and O–H groups in total. The molecule has 3 rings (SSSR count). The maximum atomic E-state index is 13.8. The van der Waals surface area contributed by atoms with E-state index in [9.17, 15) is 54.4 Å². The Kier molecular flexibility index (Phi) is 7.51. The zero-order chi connectivity index (χ0) is 27.8. The second-order valence-corrected chi connectivity index (χ2v) is 7.83. The van der Waals surface area contributed by atoms with Gasteiger partial charge in [-0.15, -0.1) is 0 Å². The Balaban J connectivity index is 1.80. The molecule has 0 spiro atoms. The molecule has 0 aromatic heterocycles. The second-order valence-electron chi connectivity index (χ2n) is 7.83. The van der Waals surface area contributed by atoms with Crippen molar-refractivity contribution in [1.29, 1.82) is 0 Å². The number of hydrogen-bond acceptors (Lipinski definition) is 5. The number of anilines is 1. The fourth-order valence-electron chi connectivity index (χ4n) is 3.48. The maximum Gasteiger partial charge on any atom is 0.439 e. The maximum absolute atomic E-state index is 13.8. The van der Waals surface area contributed by atoms with Gasteiger partial charge in [-0.1, -0.05) is 0 Å². The molecule has 1 heterocycles. The number of alkyl halides is 9. The molecule has 0 aliphatic carbocycles. The quantitative estimate of drug-likeness (QED) is 0.274. The van der Waals surface area contributed by atoms with E-state index < -0.39 is 58.0 Å². The summed E-state index contributed by atoms with van der Waals surface area (Å²) in [6.45, 7) is -0.155. The molecule has 1 unspecified atom stereocenters. The van der Waals surface area contributed by atoms with Crippen LogP contribution < -0.4 is 9.64 Å². The molecule has 1 fully saturated rings. The van der Waals surface area contributed by atoms with E-state index in [1.807, 2.05) is 0 Å². The van der Waals surface area contributed by atoms with Crippen LogP contribution in [-0.4, -0.2) is 60.4 Å². The van der Waals surface area contributed by atoms with Gasteiger partial charge in [0.15, 0.2) is 0 Å². The predicted molar refractivity (Wildman–Crippen MR) is 109 cm³/mol. The van der Waals surface area contributed by atoms with Crippen LogP contribution in [0.25, 0.3) is 0 Å². The minimum atomic E-state index is -6.00. The number of carbonyl (C=O) groups is 1. The first-order chi connectivity index (χ1) is 17.0. The lowest BCUT2D eigenvalue weighted by atomic mass is 10.1. The van der Waals surface area contributed by atoms with Gasteiger partial charge >= 0.3 is 18.5 Å². The van der Waals surface area contributed by atoms with E-state index in [4.69, 9.17) is 0 Å². The van der Waals surface area contributed by atoms with Gasteiger partial charge in [0.25, 0.3) is 17.8 Å². The number of hydrogen-bond donors (Lipinski definition) is 0. The molecule has 2 aromatic rings. The number of piperazine rings is 1. The molecular formula is C21H16F9N3O4. The van der Waals surface area contributed by atoms with Crippen molar-refractivity contribution in [2.45, 2.75) is 24.6 Å². The van der Waals surface area contributed by atoms with E-state index in [1.54, 1.807) is 4.90 Å². The summed E-state index contributed by atoms with van der Waals surface area (Å²) in [5.41, 5.74) is -2.15. The average Bonchev–Trinajstić information content (AvgIpc) is 2.82. The number of carbonyl (C=O) groups excluding carboxylic acids is 1. The highest BCUT2D eigenvalue weighted by Crippen LogP contribution is 2.38. The second kappa shape index (κ2) is 9.97. The lowest BCUT2D eigenvalue weighted by Gasteiger charge is -2.36. The molecule has 0 saturated carbocycles. The molecule has 2 aromatic carbocycles. The number of halogens is 9. The number of ether oxygens (including phenoxy) is 1. The number of amides is 1. The summed E-state index contributed by atoms with van der Waals surface area (Å²) in [5.74, 6) is -2.33. The van der Waals surface area contributed by atoms with Gasteiger partial charge in [0.05, 0.1) is 16.1 Å².